The fraction of sp³-hybridized carbons (Fsp3) is 0.387. The Morgan fingerprint density at radius 1 is 1.00 bits per heavy atom. The number of sulfone groups is 1. The Hall–Kier alpha value is -3.08. The standard InChI is InChI=1S/C31H37FN2O5S2/c1-4-22(5-2)21-31(36)14-16-34(17-15-31)30(35)33-24-18-26(39-25-8-12-29(13-9-25)41(3,37)38)20-28(19-24)40-27-10-6-23(32)7-11-27/h6-13,18-20,22,36H,4-5,14-17,21H2,1-3H3,(H,33,35). The van der Waals surface area contributed by atoms with Crippen molar-refractivity contribution in [3.05, 3.63) is 72.5 Å². The van der Waals surface area contributed by atoms with Gasteiger partial charge in [0.15, 0.2) is 9.84 Å². The van der Waals surface area contributed by atoms with Gasteiger partial charge in [0.25, 0.3) is 0 Å². The highest BCUT2D eigenvalue weighted by molar-refractivity contribution is 7.99. The third-order valence-corrected chi connectivity index (χ3v) is 9.58. The molecule has 2 N–H and O–H groups in total. The van der Waals surface area contributed by atoms with Gasteiger partial charge in [0, 0.05) is 40.9 Å². The summed E-state index contributed by atoms with van der Waals surface area (Å²) in [7, 11) is -3.34. The normalized spacial score (nSPS) is 15.1. The minimum atomic E-state index is -3.34. The van der Waals surface area contributed by atoms with Gasteiger partial charge in [-0.2, -0.15) is 0 Å². The quantitative estimate of drug-likeness (QED) is 0.253. The molecule has 0 aliphatic carbocycles. The number of halogens is 1. The first-order valence-electron chi connectivity index (χ1n) is 13.8. The molecule has 1 saturated heterocycles. The molecule has 2 amide bonds. The number of amides is 2. The number of piperidine rings is 1. The van der Waals surface area contributed by atoms with Gasteiger partial charge in [0.2, 0.25) is 0 Å². The summed E-state index contributed by atoms with van der Waals surface area (Å²) >= 11 is 1.39. The second kappa shape index (κ2) is 13.3. The lowest BCUT2D eigenvalue weighted by Crippen LogP contribution is -2.48. The van der Waals surface area contributed by atoms with E-state index in [4.69, 9.17) is 4.74 Å². The molecule has 0 saturated carbocycles. The summed E-state index contributed by atoms with van der Waals surface area (Å²) in [5.74, 6) is 1.03. The van der Waals surface area contributed by atoms with Gasteiger partial charge in [0.1, 0.15) is 17.3 Å². The average molecular weight is 601 g/mol. The molecule has 1 heterocycles. The first kappa shape index (κ1) is 30.9. The van der Waals surface area contributed by atoms with Gasteiger partial charge >= 0.3 is 6.03 Å². The molecular formula is C31H37FN2O5S2. The van der Waals surface area contributed by atoms with Gasteiger partial charge in [-0.1, -0.05) is 38.5 Å². The summed E-state index contributed by atoms with van der Waals surface area (Å²) in [4.78, 5) is 16.7. The Morgan fingerprint density at radius 2 is 1.63 bits per heavy atom. The van der Waals surface area contributed by atoms with E-state index in [-0.39, 0.29) is 16.7 Å². The molecule has 3 aromatic rings. The average Bonchev–Trinajstić information content (AvgIpc) is 2.93. The van der Waals surface area contributed by atoms with E-state index in [0.717, 1.165) is 35.3 Å². The lowest BCUT2D eigenvalue weighted by Gasteiger charge is -2.39. The zero-order chi connectivity index (χ0) is 29.6. The summed E-state index contributed by atoms with van der Waals surface area (Å²) < 4.78 is 43.1. The van der Waals surface area contributed by atoms with Crippen LogP contribution in [-0.4, -0.2) is 49.4 Å². The van der Waals surface area contributed by atoms with Crippen LogP contribution in [0.3, 0.4) is 0 Å². The van der Waals surface area contributed by atoms with E-state index in [1.165, 1.54) is 36.0 Å². The first-order chi connectivity index (χ1) is 19.5. The topological polar surface area (TPSA) is 95.9 Å². The van der Waals surface area contributed by atoms with Crippen molar-refractivity contribution in [2.24, 2.45) is 5.92 Å². The predicted octanol–water partition coefficient (Wildman–Crippen LogP) is 7.36. The Bertz CT molecular complexity index is 1430. The fourth-order valence-corrected chi connectivity index (χ4v) is 6.47. The maximum atomic E-state index is 13.4. The number of nitrogens with one attached hydrogen (secondary N) is 1. The van der Waals surface area contributed by atoms with Crippen LogP contribution >= 0.6 is 11.8 Å². The SMILES string of the molecule is CCC(CC)CC1(O)CCN(C(=O)Nc2cc(Oc3ccc(S(C)(=O)=O)cc3)cc(Sc3ccc(F)cc3)c2)CC1. The highest BCUT2D eigenvalue weighted by atomic mass is 32.2. The zero-order valence-corrected chi connectivity index (χ0v) is 25.2. The maximum Gasteiger partial charge on any atom is 0.321 e. The van der Waals surface area contributed by atoms with Gasteiger partial charge < -0.3 is 20.1 Å². The molecule has 7 nitrogen and oxygen atoms in total. The van der Waals surface area contributed by atoms with Gasteiger partial charge in [-0.05, 0) is 85.8 Å². The van der Waals surface area contributed by atoms with Crippen LogP contribution in [0.1, 0.15) is 46.0 Å². The predicted molar refractivity (Wildman–Crippen MR) is 160 cm³/mol. The highest BCUT2D eigenvalue weighted by Gasteiger charge is 2.35. The largest absolute Gasteiger partial charge is 0.457 e. The van der Waals surface area contributed by atoms with Crippen LogP contribution in [0.2, 0.25) is 0 Å². The van der Waals surface area contributed by atoms with Crippen molar-refractivity contribution in [3.8, 4) is 11.5 Å². The molecule has 1 fully saturated rings. The van der Waals surface area contributed by atoms with Crippen LogP contribution in [0, 0.1) is 11.7 Å². The molecule has 220 valence electrons. The Morgan fingerprint density at radius 3 is 2.22 bits per heavy atom. The van der Waals surface area contributed by atoms with Gasteiger partial charge in [0.05, 0.1) is 10.5 Å². The molecule has 0 radical (unpaired) electrons. The molecule has 0 aromatic heterocycles. The van der Waals surface area contributed by atoms with Crippen LogP contribution in [0.4, 0.5) is 14.9 Å². The van der Waals surface area contributed by atoms with Crippen LogP contribution in [0.25, 0.3) is 0 Å². The maximum absolute atomic E-state index is 13.4. The minimum absolute atomic E-state index is 0.187. The lowest BCUT2D eigenvalue weighted by atomic mass is 9.81. The van der Waals surface area contributed by atoms with Crippen LogP contribution in [-0.2, 0) is 9.84 Å². The fourth-order valence-electron chi connectivity index (χ4n) is 4.94. The Kier molecular flexibility index (Phi) is 9.99. The molecule has 0 atom stereocenters. The number of aliphatic hydroxyl groups is 1. The van der Waals surface area contributed by atoms with E-state index < -0.39 is 15.4 Å². The number of likely N-dealkylation sites (tertiary alicyclic amines) is 1. The molecule has 1 aliphatic heterocycles. The van der Waals surface area contributed by atoms with E-state index in [9.17, 15) is 22.7 Å². The lowest BCUT2D eigenvalue weighted by molar-refractivity contribution is -0.0309. The number of anilines is 1. The number of carbonyl (C=O) groups excluding carboxylic acids is 1. The van der Waals surface area contributed by atoms with Crippen LogP contribution < -0.4 is 10.1 Å². The van der Waals surface area contributed by atoms with E-state index in [0.29, 0.717) is 49.0 Å². The first-order valence-corrected chi connectivity index (χ1v) is 16.5. The number of ether oxygens (including phenoxy) is 1. The smallest absolute Gasteiger partial charge is 0.321 e. The second-order valence-corrected chi connectivity index (χ2v) is 13.8. The van der Waals surface area contributed by atoms with Gasteiger partial charge in [-0.25, -0.2) is 17.6 Å². The minimum Gasteiger partial charge on any atom is -0.457 e. The summed E-state index contributed by atoms with van der Waals surface area (Å²) in [6.45, 7) is 5.21. The van der Waals surface area contributed by atoms with E-state index >= 15 is 0 Å². The molecule has 10 heteroatoms. The molecule has 0 bridgehead atoms. The third kappa shape index (κ3) is 8.70. The number of carbonyl (C=O) groups is 1. The summed E-state index contributed by atoms with van der Waals surface area (Å²) in [5.41, 5.74) is -0.227. The van der Waals surface area contributed by atoms with Crippen molar-refractivity contribution >= 4 is 33.3 Å². The number of rotatable bonds is 10. The number of nitrogens with zero attached hydrogens (tertiary/aromatic N) is 1. The van der Waals surface area contributed by atoms with Gasteiger partial charge in [-0.3, -0.25) is 0 Å². The molecule has 0 spiro atoms. The number of hydrogen-bond donors (Lipinski definition) is 2. The summed E-state index contributed by atoms with van der Waals surface area (Å²) in [6, 6.07) is 17.3. The van der Waals surface area contributed by atoms with Crippen molar-refractivity contribution in [1.82, 2.24) is 4.90 Å². The van der Waals surface area contributed by atoms with Crippen LogP contribution in [0.5, 0.6) is 11.5 Å². The monoisotopic (exact) mass is 600 g/mol. The van der Waals surface area contributed by atoms with Crippen molar-refractivity contribution < 1.29 is 27.4 Å². The second-order valence-electron chi connectivity index (χ2n) is 10.6. The molecule has 1 aliphatic rings. The third-order valence-electron chi connectivity index (χ3n) is 7.47. The van der Waals surface area contributed by atoms with Gasteiger partial charge in [-0.15, -0.1) is 0 Å². The Labute approximate surface area is 246 Å². The van der Waals surface area contributed by atoms with E-state index in [1.54, 1.807) is 41.3 Å². The zero-order valence-electron chi connectivity index (χ0n) is 23.6. The van der Waals surface area contributed by atoms with Crippen molar-refractivity contribution in [2.45, 2.75) is 66.2 Å². The molecule has 41 heavy (non-hydrogen) atoms. The van der Waals surface area contributed by atoms with E-state index in [1.807, 2.05) is 6.07 Å². The van der Waals surface area contributed by atoms with Crippen molar-refractivity contribution in [2.75, 3.05) is 24.7 Å². The van der Waals surface area contributed by atoms with E-state index in [2.05, 4.69) is 19.2 Å². The van der Waals surface area contributed by atoms with Crippen molar-refractivity contribution in [1.29, 1.82) is 0 Å². The molecule has 3 aromatic carbocycles. The number of benzene rings is 3. The number of hydrogen-bond acceptors (Lipinski definition) is 6. The molecule has 4 rings (SSSR count). The molecular weight excluding hydrogens is 563 g/mol. The van der Waals surface area contributed by atoms with Crippen molar-refractivity contribution in [3.63, 3.8) is 0 Å². The summed E-state index contributed by atoms with van der Waals surface area (Å²) in [5, 5.41) is 14.1. The highest BCUT2D eigenvalue weighted by Crippen LogP contribution is 2.36. The van der Waals surface area contributed by atoms with Crippen LogP contribution in [0.15, 0.2) is 81.4 Å². The number of urea groups is 1. The Balaban J connectivity index is 1.50. The summed E-state index contributed by atoms with van der Waals surface area (Å²) in [6.07, 6.45) is 5.03. The molecule has 0 unspecified atom stereocenters.